The van der Waals surface area contributed by atoms with Gasteiger partial charge in [0.05, 0.1) is 0 Å². The Morgan fingerprint density at radius 2 is 1.77 bits per heavy atom. The molecule has 0 saturated heterocycles. The lowest BCUT2D eigenvalue weighted by Gasteiger charge is -2.68. The van der Waals surface area contributed by atoms with E-state index in [4.69, 9.17) is 0 Å². The monoisotopic (exact) mass is 176 g/mol. The van der Waals surface area contributed by atoms with Crippen LogP contribution in [0, 0.1) is 34.0 Å². The maximum atomic E-state index is 2.61. The topological polar surface area (TPSA) is 0 Å². The Morgan fingerprint density at radius 1 is 1.08 bits per heavy atom. The highest BCUT2D eigenvalue weighted by Crippen LogP contribution is 2.89. The average Bonchev–Trinajstić information content (AvgIpc) is 2.32. The first-order valence-electron chi connectivity index (χ1n) is 6.03. The smallest absolute Gasteiger partial charge is 0.0204 e. The highest BCUT2D eigenvalue weighted by Gasteiger charge is 2.82. The van der Waals surface area contributed by atoms with Gasteiger partial charge in [-0.15, -0.1) is 0 Å². The van der Waals surface area contributed by atoms with Gasteiger partial charge in [0.25, 0.3) is 0 Å². The van der Waals surface area contributed by atoms with E-state index in [1.807, 2.05) is 0 Å². The summed E-state index contributed by atoms with van der Waals surface area (Å²) in [6.45, 7) is 7.77. The van der Waals surface area contributed by atoms with Crippen LogP contribution in [-0.2, 0) is 0 Å². The third kappa shape index (κ3) is 0.427. The molecule has 6 fully saturated rings. The van der Waals surface area contributed by atoms with Crippen molar-refractivity contribution in [2.45, 2.75) is 46.5 Å². The van der Waals surface area contributed by atoms with Crippen molar-refractivity contribution in [1.29, 1.82) is 0 Å². The van der Waals surface area contributed by atoms with Crippen LogP contribution in [0.1, 0.15) is 46.5 Å². The predicted octanol–water partition coefficient (Wildman–Crippen LogP) is 3.47. The van der Waals surface area contributed by atoms with E-state index in [1.54, 1.807) is 25.7 Å². The van der Waals surface area contributed by atoms with Gasteiger partial charge in [0, 0.05) is 0 Å². The molecule has 6 atom stereocenters. The van der Waals surface area contributed by atoms with E-state index in [0.29, 0.717) is 0 Å². The van der Waals surface area contributed by atoms with E-state index in [9.17, 15) is 0 Å². The summed E-state index contributed by atoms with van der Waals surface area (Å²) in [6, 6.07) is 0. The minimum Gasteiger partial charge on any atom is -0.0614 e. The van der Waals surface area contributed by atoms with Gasteiger partial charge in [0.2, 0.25) is 0 Å². The quantitative estimate of drug-likeness (QED) is 0.530. The van der Waals surface area contributed by atoms with Crippen LogP contribution in [0.25, 0.3) is 0 Å². The Labute approximate surface area is 81.1 Å². The standard InChI is InChI=1S/C13H20/c1-8-11(2)7-12(3)10-4-9(11)5-13(8,12)6-10/h8-10H,4-7H2,1-3H3. The van der Waals surface area contributed by atoms with Crippen LogP contribution in [0.3, 0.4) is 0 Å². The zero-order valence-electron chi connectivity index (χ0n) is 9.06. The Bertz CT molecular complexity index is 303. The van der Waals surface area contributed by atoms with Gasteiger partial charge in [-0.25, -0.2) is 0 Å². The molecule has 0 heterocycles. The van der Waals surface area contributed by atoms with Crippen molar-refractivity contribution in [3.05, 3.63) is 0 Å². The van der Waals surface area contributed by atoms with Crippen molar-refractivity contribution in [1.82, 2.24) is 0 Å². The molecule has 0 aliphatic heterocycles. The molecular weight excluding hydrogens is 156 g/mol. The van der Waals surface area contributed by atoms with E-state index in [-0.39, 0.29) is 0 Å². The molecule has 0 aromatic rings. The summed E-state index contributed by atoms with van der Waals surface area (Å²) >= 11 is 0. The molecule has 72 valence electrons. The molecule has 0 amide bonds. The lowest BCUT2D eigenvalue weighted by molar-refractivity contribution is -0.190. The van der Waals surface area contributed by atoms with Crippen LogP contribution in [0.2, 0.25) is 0 Å². The Kier molecular flexibility index (Phi) is 0.850. The fraction of sp³-hybridized carbons (Fsp3) is 1.00. The first-order chi connectivity index (χ1) is 6.03. The minimum absolute atomic E-state index is 0.752. The second-order valence-electron chi connectivity index (χ2n) is 7.02. The Balaban J connectivity index is 2.00. The molecule has 6 unspecified atom stereocenters. The predicted molar refractivity (Wildman–Crippen MR) is 53.3 cm³/mol. The summed E-state index contributed by atoms with van der Waals surface area (Å²) in [7, 11) is 0. The first-order valence-corrected chi connectivity index (χ1v) is 6.03. The molecule has 13 heavy (non-hydrogen) atoms. The molecule has 5 bridgehead atoms. The summed E-state index contributed by atoms with van der Waals surface area (Å²) < 4.78 is 0. The highest BCUT2D eigenvalue weighted by atomic mass is 14.9. The van der Waals surface area contributed by atoms with Crippen molar-refractivity contribution in [3.8, 4) is 0 Å². The van der Waals surface area contributed by atoms with Gasteiger partial charge >= 0.3 is 0 Å². The fourth-order valence-corrected chi connectivity index (χ4v) is 6.44. The van der Waals surface area contributed by atoms with Crippen molar-refractivity contribution < 1.29 is 0 Å². The molecule has 6 saturated carbocycles. The number of hydrogen-bond donors (Lipinski definition) is 0. The van der Waals surface area contributed by atoms with Crippen molar-refractivity contribution in [2.24, 2.45) is 34.0 Å². The van der Waals surface area contributed by atoms with Crippen LogP contribution in [0.4, 0.5) is 0 Å². The van der Waals surface area contributed by atoms with Gasteiger partial charge in [-0.3, -0.25) is 0 Å². The van der Waals surface area contributed by atoms with Crippen LogP contribution in [0.5, 0.6) is 0 Å². The third-order valence-electron chi connectivity index (χ3n) is 7.33. The van der Waals surface area contributed by atoms with E-state index in [0.717, 1.165) is 34.0 Å². The summed E-state index contributed by atoms with van der Waals surface area (Å²) in [5.41, 5.74) is 2.37. The summed E-state index contributed by atoms with van der Waals surface area (Å²) in [5, 5.41) is 0. The van der Waals surface area contributed by atoms with Gasteiger partial charge in [0.15, 0.2) is 0 Å². The van der Waals surface area contributed by atoms with Gasteiger partial charge in [-0.1, -0.05) is 20.8 Å². The average molecular weight is 176 g/mol. The lowest BCUT2D eigenvalue weighted by Crippen LogP contribution is -2.60. The zero-order valence-corrected chi connectivity index (χ0v) is 9.06. The van der Waals surface area contributed by atoms with E-state index in [2.05, 4.69) is 20.8 Å². The van der Waals surface area contributed by atoms with Gasteiger partial charge in [-0.05, 0) is 59.7 Å². The zero-order chi connectivity index (χ0) is 9.06. The minimum atomic E-state index is 0.752. The third-order valence-corrected chi connectivity index (χ3v) is 7.33. The van der Waals surface area contributed by atoms with Crippen LogP contribution in [-0.4, -0.2) is 0 Å². The van der Waals surface area contributed by atoms with E-state index < -0.39 is 0 Å². The Hall–Kier alpha value is 0. The molecule has 0 radical (unpaired) electrons. The maximum absolute atomic E-state index is 2.61. The van der Waals surface area contributed by atoms with Crippen molar-refractivity contribution >= 4 is 0 Å². The first kappa shape index (κ1) is 7.31. The van der Waals surface area contributed by atoms with Crippen molar-refractivity contribution in [2.75, 3.05) is 0 Å². The van der Waals surface area contributed by atoms with Crippen LogP contribution >= 0.6 is 0 Å². The fourth-order valence-electron chi connectivity index (χ4n) is 6.44. The summed E-state index contributed by atoms with van der Waals surface area (Å²) in [5.74, 6) is 3.28. The van der Waals surface area contributed by atoms with E-state index >= 15 is 0 Å². The molecule has 0 aromatic heterocycles. The van der Waals surface area contributed by atoms with Gasteiger partial charge in [0.1, 0.15) is 0 Å². The summed E-state index contributed by atoms with van der Waals surface area (Å²) in [4.78, 5) is 0. The molecule has 1 spiro atoms. The van der Waals surface area contributed by atoms with Crippen LogP contribution in [0.15, 0.2) is 0 Å². The van der Waals surface area contributed by atoms with Crippen molar-refractivity contribution in [3.63, 3.8) is 0 Å². The largest absolute Gasteiger partial charge is 0.0614 e. The molecule has 6 aliphatic carbocycles. The maximum Gasteiger partial charge on any atom is -0.0204 e. The SMILES string of the molecule is CC1C2(C)CC3(C)C4CC2CC13C4. The Morgan fingerprint density at radius 3 is 2.31 bits per heavy atom. The number of rotatable bonds is 0. The van der Waals surface area contributed by atoms with Crippen LogP contribution < -0.4 is 0 Å². The molecule has 0 N–H and O–H groups in total. The second-order valence-corrected chi connectivity index (χ2v) is 7.02. The van der Waals surface area contributed by atoms with Gasteiger partial charge < -0.3 is 0 Å². The second kappa shape index (κ2) is 1.51. The molecule has 6 rings (SSSR count). The molecule has 0 heteroatoms. The highest BCUT2D eigenvalue weighted by molar-refractivity contribution is 5.30. The lowest BCUT2D eigenvalue weighted by atomic mass is 9.37. The van der Waals surface area contributed by atoms with E-state index in [1.165, 1.54) is 0 Å². The molecule has 0 aromatic carbocycles. The van der Waals surface area contributed by atoms with Gasteiger partial charge in [-0.2, -0.15) is 0 Å². The normalized spacial score (nSPS) is 77.3. The number of hydrogen-bond acceptors (Lipinski definition) is 0. The molecule has 0 nitrogen and oxygen atoms in total. The summed E-state index contributed by atoms with van der Waals surface area (Å²) in [6.07, 6.45) is 6.34. The molecular formula is C13H20. The molecule has 6 aliphatic rings.